The first-order valence-corrected chi connectivity index (χ1v) is 7.38. The minimum atomic E-state index is -0.327. The summed E-state index contributed by atoms with van der Waals surface area (Å²) in [7, 11) is 0. The second kappa shape index (κ2) is 4.31. The third-order valence-corrected chi connectivity index (χ3v) is 5.07. The Kier molecular flexibility index (Phi) is 2.59. The van der Waals surface area contributed by atoms with Gasteiger partial charge in [-0.2, -0.15) is 0 Å². The van der Waals surface area contributed by atoms with Gasteiger partial charge in [0.25, 0.3) is 0 Å². The largest absolute Gasteiger partial charge is 0.388 e. The summed E-state index contributed by atoms with van der Waals surface area (Å²) < 4.78 is 0. The standard InChI is InChI=1S/C17H19NO/c19-17(15-12-7-1-2-8-13(12)15)14-9-3-5-11-6-4-10-18-16(11)14/h3-6,9-10,12-13,15,17,19H,1-2,7-8H2. The topological polar surface area (TPSA) is 33.1 Å². The zero-order chi connectivity index (χ0) is 12.8. The number of aromatic nitrogens is 1. The molecule has 4 rings (SSSR count). The molecule has 2 fully saturated rings. The van der Waals surface area contributed by atoms with E-state index in [1.54, 1.807) is 0 Å². The zero-order valence-corrected chi connectivity index (χ0v) is 11.0. The molecule has 0 radical (unpaired) electrons. The monoisotopic (exact) mass is 253 g/mol. The van der Waals surface area contributed by atoms with Gasteiger partial charge >= 0.3 is 0 Å². The summed E-state index contributed by atoms with van der Waals surface area (Å²) in [6.45, 7) is 0. The van der Waals surface area contributed by atoms with Crippen molar-refractivity contribution in [3.63, 3.8) is 0 Å². The van der Waals surface area contributed by atoms with Crippen LogP contribution in [-0.2, 0) is 0 Å². The molecule has 0 spiro atoms. The molecule has 3 atom stereocenters. The molecular formula is C17H19NO. The van der Waals surface area contributed by atoms with Gasteiger partial charge in [-0.3, -0.25) is 4.98 Å². The number of nitrogens with zero attached hydrogens (tertiary/aromatic N) is 1. The molecule has 1 N–H and O–H groups in total. The van der Waals surface area contributed by atoms with Gasteiger partial charge in [0.05, 0.1) is 11.6 Å². The molecule has 2 aliphatic carbocycles. The molecule has 0 saturated heterocycles. The maximum atomic E-state index is 10.7. The number of benzene rings is 1. The Morgan fingerprint density at radius 2 is 1.79 bits per heavy atom. The van der Waals surface area contributed by atoms with Gasteiger partial charge < -0.3 is 5.11 Å². The van der Waals surface area contributed by atoms with Crippen molar-refractivity contribution in [2.24, 2.45) is 17.8 Å². The van der Waals surface area contributed by atoms with Gasteiger partial charge in [-0.25, -0.2) is 0 Å². The van der Waals surface area contributed by atoms with E-state index >= 15 is 0 Å². The number of fused-ring (bicyclic) bond motifs is 2. The first kappa shape index (κ1) is 11.4. The first-order valence-electron chi connectivity index (χ1n) is 7.38. The highest BCUT2D eigenvalue weighted by Crippen LogP contribution is 2.60. The van der Waals surface area contributed by atoms with Crippen LogP contribution in [0.3, 0.4) is 0 Å². The fourth-order valence-corrected chi connectivity index (χ4v) is 4.09. The van der Waals surface area contributed by atoms with E-state index in [4.69, 9.17) is 0 Å². The Labute approximate surface area is 113 Å². The Balaban J connectivity index is 1.71. The highest BCUT2D eigenvalue weighted by molar-refractivity contribution is 5.81. The van der Waals surface area contributed by atoms with Crippen LogP contribution in [0.4, 0.5) is 0 Å². The van der Waals surface area contributed by atoms with Crippen LogP contribution in [0.1, 0.15) is 37.4 Å². The smallest absolute Gasteiger partial charge is 0.0844 e. The minimum absolute atomic E-state index is 0.327. The molecule has 19 heavy (non-hydrogen) atoms. The van der Waals surface area contributed by atoms with E-state index in [9.17, 15) is 5.11 Å². The fraction of sp³-hybridized carbons (Fsp3) is 0.471. The SMILES string of the molecule is OC(c1cccc2cccnc12)C1C2CCCCC21. The van der Waals surface area contributed by atoms with Gasteiger partial charge in [0.2, 0.25) is 0 Å². The van der Waals surface area contributed by atoms with Crippen LogP contribution in [-0.4, -0.2) is 10.1 Å². The molecule has 2 nitrogen and oxygen atoms in total. The van der Waals surface area contributed by atoms with E-state index < -0.39 is 0 Å². The highest BCUT2D eigenvalue weighted by Gasteiger charge is 2.54. The lowest BCUT2D eigenvalue weighted by atomic mass is 10.00. The van der Waals surface area contributed by atoms with Crippen molar-refractivity contribution in [3.05, 3.63) is 42.1 Å². The number of hydrogen-bond donors (Lipinski definition) is 1. The molecule has 0 bridgehead atoms. The van der Waals surface area contributed by atoms with Crippen molar-refractivity contribution in [2.45, 2.75) is 31.8 Å². The average Bonchev–Trinajstić information content (AvgIpc) is 3.20. The Hall–Kier alpha value is -1.41. The zero-order valence-electron chi connectivity index (χ0n) is 11.0. The van der Waals surface area contributed by atoms with Gasteiger partial charge in [0, 0.05) is 17.1 Å². The molecule has 2 aliphatic rings. The highest BCUT2D eigenvalue weighted by atomic mass is 16.3. The van der Waals surface area contributed by atoms with Crippen molar-refractivity contribution in [3.8, 4) is 0 Å². The summed E-state index contributed by atoms with van der Waals surface area (Å²) in [6.07, 6.45) is 6.80. The molecular weight excluding hydrogens is 234 g/mol. The molecule has 1 heterocycles. The Bertz CT molecular complexity index is 592. The first-order chi connectivity index (χ1) is 9.36. The third kappa shape index (κ3) is 1.78. The molecule has 0 amide bonds. The van der Waals surface area contributed by atoms with Crippen molar-refractivity contribution in [1.29, 1.82) is 0 Å². The lowest BCUT2D eigenvalue weighted by molar-refractivity contribution is 0.143. The van der Waals surface area contributed by atoms with E-state index in [-0.39, 0.29) is 6.10 Å². The maximum absolute atomic E-state index is 10.7. The number of rotatable bonds is 2. The summed E-state index contributed by atoms with van der Waals surface area (Å²) in [6, 6.07) is 10.2. The summed E-state index contributed by atoms with van der Waals surface area (Å²) in [4.78, 5) is 4.47. The van der Waals surface area contributed by atoms with Gasteiger partial charge in [-0.1, -0.05) is 37.1 Å². The number of para-hydroxylation sites is 1. The van der Waals surface area contributed by atoms with Crippen LogP contribution in [0.15, 0.2) is 36.5 Å². The van der Waals surface area contributed by atoms with Crippen molar-refractivity contribution in [2.75, 3.05) is 0 Å². The van der Waals surface area contributed by atoms with Crippen LogP contribution in [0.5, 0.6) is 0 Å². The number of pyridine rings is 1. The lowest BCUT2D eigenvalue weighted by Crippen LogP contribution is -2.04. The van der Waals surface area contributed by atoms with Crippen LogP contribution in [0, 0.1) is 17.8 Å². The molecule has 2 saturated carbocycles. The van der Waals surface area contributed by atoms with E-state index in [0.29, 0.717) is 5.92 Å². The predicted molar refractivity (Wildman–Crippen MR) is 75.6 cm³/mol. The number of aliphatic hydroxyl groups is 1. The normalized spacial score (nSPS) is 30.9. The minimum Gasteiger partial charge on any atom is -0.388 e. The Morgan fingerprint density at radius 3 is 2.58 bits per heavy atom. The molecule has 2 heteroatoms. The number of aliphatic hydroxyl groups excluding tert-OH is 1. The van der Waals surface area contributed by atoms with Crippen LogP contribution >= 0.6 is 0 Å². The summed E-state index contributed by atoms with van der Waals surface area (Å²) >= 11 is 0. The molecule has 0 aliphatic heterocycles. The molecule has 1 aromatic heterocycles. The van der Waals surface area contributed by atoms with Gasteiger partial charge in [0.1, 0.15) is 0 Å². The van der Waals surface area contributed by atoms with Crippen LogP contribution in [0.25, 0.3) is 10.9 Å². The van der Waals surface area contributed by atoms with Crippen molar-refractivity contribution in [1.82, 2.24) is 4.98 Å². The van der Waals surface area contributed by atoms with E-state index in [2.05, 4.69) is 17.1 Å². The van der Waals surface area contributed by atoms with Crippen molar-refractivity contribution >= 4 is 10.9 Å². The second-order valence-electron chi connectivity index (χ2n) is 6.06. The summed E-state index contributed by atoms with van der Waals surface area (Å²) in [5, 5.41) is 11.9. The lowest BCUT2D eigenvalue weighted by Gasteiger charge is -2.13. The Morgan fingerprint density at radius 1 is 1.05 bits per heavy atom. The number of hydrogen-bond acceptors (Lipinski definition) is 2. The van der Waals surface area contributed by atoms with E-state index in [1.807, 2.05) is 24.4 Å². The molecule has 2 aromatic rings. The van der Waals surface area contributed by atoms with E-state index in [1.165, 1.54) is 25.7 Å². The van der Waals surface area contributed by atoms with Crippen LogP contribution < -0.4 is 0 Å². The fourth-order valence-electron chi connectivity index (χ4n) is 4.09. The second-order valence-corrected chi connectivity index (χ2v) is 6.06. The van der Waals surface area contributed by atoms with Gasteiger partial charge in [-0.05, 0) is 36.7 Å². The average molecular weight is 253 g/mol. The van der Waals surface area contributed by atoms with Gasteiger partial charge in [-0.15, -0.1) is 0 Å². The maximum Gasteiger partial charge on any atom is 0.0844 e. The molecule has 98 valence electrons. The quantitative estimate of drug-likeness (QED) is 0.885. The van der Waals surface area contributed by atoms with Gasteiger partial charge in [0.15, 0.2) is 0 Å². The summed E-state index contributed by atoms with van der Waals surface area (Å²) in [5.41, 5.74) is 2.00. The van der Waals surface area contributed by atoms with E-state index in [0.717, 1.165) is 28.3 Å². The predicted octanol–water partition coefficient (Wildman–Crippen LogP) is 3.70. The molecule has 3 unspecified atom stereocenters. The summed E-state index contributed by atoms with van der Waals surface area (Å²) in [5.74, 6) is 2.01. The third-order valence-electron chi connectivity index (χ3n) is 5.07. The van der Waals surface area contributed by atoms with Crippen molar-refractivity contribution < 1.29 is 5.11 Å². The molecule has 1 aromatic carbocycles. The van der Waals surface area contributed by atoms with Crippen LogP contribution in [0.2, 0.25) is 0 Å².